The van der Waals surface area contributed by atoms with Crippen molar-refractivity contribution in [3.05, 3.63) is 12.0 Å². The van der Waals surface area contributed by atoms with Crippen molar-refractivity contribution < 1.29 is 9.15 Å². The highest BCUT2D eigenvalue weighted by Crippen LogP contribution is 2.26. The van der Waals surface area contributed by atoms with Crippen molar-refractivity contribution in [1.29, 1.82) is 0 Å². The second-order valence-electron chi connectivity index (χ2n) is 6.74. The highest BCUT2D eigenvalue weighted by Gasteiger charge is 2.33. The van der Waals surface area contributed by atoms with E-state index in [1.54, 1.807) is 6.26 Å². The zero-order chi connectivity index (χ0) is 14.1. The topological polar surface area (TPSA) is 50.5 Å². The van der Waals surface area contributed by atoms with Gasteiger partial charge in [-0.1, -0.05) is 0 Å². The predicted octanol–water partition coefficient (Wildman–Crippen LogP) is 2.18. The van der Waals surface area contributed by atoms with E-state index in [0.717, 1.165) is 25.4 Å². The molecule has 0 radical (unpaired) electrons. The quantitative estimate of drug-likeness (QED) is 0.909. The summed E-state index contributed by atoms with van der Waals surface area (Å²) in [6.45, 7) is 13.7. The van der Waals surface area contributed by atoms with Gasteiger partial charge in [0, 0.05) is 18.6 Å². The summed E-state index contributed by atoms with van der Waals surface area (Å²) in [4.78, 5) is 6.75. The van der Waals surface area contributed by atoms with Gasteiger partial charge >= 0.3 is 0 Å². The average molecular weight is 267 g/mol. The van der Waals surface area contributed by atoms with Crippen molar-refractivity contribution in [3.8, 4) is 0 Å². The average Bonchev–Trinajstić information content (AvgIpc) is 2.73. The minimum absolute atomic E-state index is 0.0716. The van der Waals surface area contributed by atoms with Gasteiger partial charge in [0.1, 0.15) is 6.26 Å². The zero-order valence-electron chi connectivity index (χ0n) is 12.6. The molecule has 1 N–H and O–H groups in total. The Morgan fingerprint density at radius 3 is 2.79 bits per heavy atom. The SMILES string of the molecule is CC(C)(C)NCc1coc(N2CCOCC2(C)C)n1. The van der Waals surface area contributed by atoms with Gasteiger partial charge in [-0.2, -0.15) is 4.98 Å². The number of ether oxygens (including phenoxy) is 1. The van der Waals surface area contributed by atoms with Gasteiger partial charge < -0.3 is 19.4 Å². The molecule has 1 aromatic heterocycles. The van der Waals surface area contributed by atoms with E-state index in [9.17, 15) is 0 Å². The molecule has 108 valence electrons. The van der Waals surface area contributed by atoms with Crippen LogP contribution in [0.25, 0.3) is 0 Å². The van der Waals surface area contributed by atoms with Gasteiger partial charge in [-0.15, -0.1) is 0 Å². The lowest BCUT2D eigenvalue weighted by atomic mass is 10.0. The minimum Gasteiger partial charge on any atom is -0.432 e. The van der Waals surface area contributed by atoms with Crippen LogP contribution in [0.15, 0.2) is 10.7 Å². The summed E-state index contributed by atoms with van der Waals surface area (Å²) >= 11 is 0. The van der Waals surface area contributed by atoms with Gasteiger partial charge in [-0.3, -0.25) is 0 Å². The van der Waals surface area contributed by atoms with E-state index >= 15 is 0 Å². The Balaban J connectivity index is 2.04. The van der Waals surface area contributed by atoms with Crippen LogP contribution in [0.4, 0.5) is 6.01 Å². The first-order chi connectivity index (χ1) is 8.78. The molecule has 0 bridgehead atoms. The second kappa shape index (κ2) is 5.13. The van der Waals surface area contributed by atoms with E-state index < -0.39 is 0 Å². The molecular formula is C14H25N3O2. The van der Waals surface area contributed by atoms with Crippen LogP contribution in [0.1, 0.15) is 40.3 Å². The highest BCUT2D eigenvalue weighted by molar-refractivity contribution is 5.32. The molecule has 1 saturated heterocycles. The lowest BCUT2D eigenvalue weighted by Crippen LogP contribution is -2.53. The third kappa shape index (κ3) is 3.70. The van der Waals surface area contributed by atoms with E-state index in [1.807, 2.05) is 0 Å². The maximum absolute atomic E-state index is 5.62. The minimum atomic E-state index is -0.0716. The van der Waals surface area contributed by atoms with E-state index in [1.165, 1.54) is 0 Å². The lowest BCUT2D eigenvalue weighted by Gasteiger charge is -2.40. The lowest BCUT2D eigenvalue weighted by molar-refractivity contribution is 0.0612. The standard InChI is InChI=1S/C14H25N3O2/c1-13(2,3)15-8-11-9-19-12(16-11)17-6-7-18-10-14(17,4)5/h9,15H,6-8,10H2,1-5H3. The number of morpholine rings is 1. The van der Waals surface area contributed by atoms with Crippen molar-refractivity contribution >= 4 is 6.01 Å². The molecule has 5 heteroatoms. The molecule has 0 amide bonds. The Hall–Kier alpha value is -1.07. The molecule has 1 fully saturated rings. The van der Waals surface area contributed by atoms with Crippen LogP contribution in [0.2, 0.25) is 0 Å². The molecule has 1 aliphatic heterocycles. The number of hydrogen-bond acceptors (Lipinski definition) is 5. The molecule has 0 spiro atoms. The molecule has 0 aromatic carbocycles. The molecular weight excluding hydrogens is 242 g/mol. The number of oxazole rings is 1. The summed E-state index contributed by atoms with van der Waals surface area (Å²) in [5.74, 6) is 0. The van der Waals surface area contributed by atoms with Gasteiger partial charge in [-0.25, -0.2) is 0 Å². The summed E-state index contributed by atoms with van der Waals surface area (Å²) in [5, 5.41) is 3.41. The van der Waals surface area contributed by atoms with E-state index in [4.69, 9.17) is 9.15 Å². The largest absolute Gasteiger partial charge is 0.432 e. The van der Waals surface area contributed by atoms with Gasteiger partial charge in [-0.05, 0) is 34.6 Å². The van der Waals surface area contributed by atoms with E-state index in [-0.39, 0.29) is 11.1 Å². The molecule has 2 heterocycles. The molecule has 1 aliphatic rings. The third-order valence-electron chi connectivity index (χ3n) is 3.22. The summed E-state index contributed by atoms with van der Waals surface area (Å²) in [6.07, 6.45) is 1.74. The molecule has 5 nitrogen and oxygen atoms in total. The van der Waals surface area contributed by atoms with Gasteiger partial charge in [0.25, 0.3) is 6.01 Å². The first-order valence-corrected chi connectivity index (χ1v) is 6.83. The number of anilines is 1. The van der Waals surface area contributed by atoms with Gasteiger partial charge in [0.15, 0.2) is 0 Å². The Labute approximate surface area is 115 Å². The zero-order valence-corrected chi connectivity index (χ0v) is 12.6. The maximum Gasteiger partial charge on any atom is 0.298 e. The summed E-state index contributed by atoms with van der Waals surface area (Å²) in [6, 6.07) is 0.694. The summed E-state index contributed by atoms with van der Waals surface area (Å²) < 4.78 is 11.1. The number of aromatic nitrogens is 1. The predicted molar refractivity (Wildman–Crippen MR) is 75.3 cm³/mol. The molecule has 0 aliphatic carbocycles. The van der Waals surface area contributed by atoms with Crippen LogP contribution >= 0.6 is 0 Å². The second-order valence-corrected chi connectivity index (χ2v) is 6.74. The van der Waals surface area contributed by atoms with Crippen molar-refractivity contribution in [2.75, 3.05) is 24.7 Å². The number of hydrogen-bond donors (Lipinski definition) is 1. The fraction of sp³-hybridized carbons (Fsp3) is 0.786. The Morgan fingerprint density at radius 2 is 2.16 bits per heavy atom. The number of rotatable bonds is 3. The van der Waals surface area contributed by atoms with Crippen molar-refractivity contribution in [1.82, 2.24) is 10.3 Å². The Morgan fingerprint density at radius 1 is 1.42 bits per heavy atom. The van der Waals surface area contributed by atoms with Crippen molar-refractivity contribution in [3.63, 3.8) is 0 Å². The highest BCUT2D eigenvalue weighted by atomic mass is 16.5. The fourth-order valence-electron chi connectivity index (χ4n) is 2.07. The molecule has 1 aromatic rings. The van der Waals surface area contributed by atoms with Crippen LogP contribution in [0.5, 0.6) is 0 Å². The molecule has 2 rings (SSSR count). The molecule has 19 heavy (non-hydrogen) atoms. The van der Waals surface area contributed by atoms with Gasteiger partial charge in [0.05, 0.1) is 24.4 Å². The Kier molecular flexibility index (Phi) is 3.87. The van der Waals surface area contributed by atoms with Crippen LogP contribution in [0, 0.1) is 0 Å². The molecule has 0 unspecified atom stereocenters. The molecule has 0 saturated carbocycles. The van der Waals surface area contributed by atoms with Crippen molar-refractivity contribution in [2.24, 2.45) is 0 Å². The van der Waals surface area contributed by atoms with Crippen molar-refractivity contribution in [2.45, 2.75) is 52.2 Å². The Bertz CT molecular complexity index is 421. The summed E-state index contributed by atoms with van der Waals surface area (Å²) in [7, 11) is 0. The van der Waals surface area contributed by atoms with Crippen LogP contribution in [-0.2, 0) is 11.3 Å². The van der Waals surface area contributed by atoms with Crippen LogP contribution in [0.3, 0.4) is 0 Å². The van der Waals surface area contributed by atoms with Crippen LogP contribution in [-0.4, -0.2) is 35.8 Å². The summed E-state index contributed by atoms with van der Waals surface area (Å²) in [5.41, 5.74) is 0.946. The maximum atomic E-state index is 5.62. The first-order valence-electron chi connectivity index (χ1n) is 6.83. The number of nitrogens with zero attached hydrogens (tertiary/aromatic N) is 2. The molecule has 0 atom stereocenters. The van der Waals surface area contributed by atoms with Gasteiger partial charge in [0.2, 0.25) is 0 Å². The third-order valence-corrected chi connectivity index (χ3v) is 3.22. The number of nitrogens with one attached hydrogen (secondary N) is 1. The van der Waals surface area contributed by atoms with E-state index in [0.29, 0.717) is 12.6 Å². The van der Waals surface area contributed by atoms with Crippen LogP contribution < -0.4 is 10.2 Å². The monoisotopic (exact) mass is 267 g/mol. The first kappa shape index (κ1) is 14.3. The normalized spacial score (nSPS) is 19.7. The van der Waals surface area contributed by atoms with E-state index in [2.05, 4.69) is 49.8 Å². The fourth-order valence-corrected chi connectivity index (χ4v) is 2.07. The smallest absolute Gasteiger partial charge is 0.298 e.